The Kier molecular flexibility index (Phi) is 5.66. The zero-order valence-electron chi connectivity index (χ0n) is 7.79. The van der Waals surface area contributed by atoms with Crippen LogP contribution in [0, 0.1) is 0 Å². The predicted octanol–water partition coefficient (Wildman–Crippen LogP) is 0.130. The van der Waals surface area contributed by atoms with Crippen LogP contribution in [0.15, 0.2) is 0 Å². The fourth-order valence-electron chi connectivity index (χ4n) is 1.17. The molecule has 0 bridgehead atoms. The van der Waals surface area contributed by atoms with Crippen LogP contribution in [0.5, 0.6) is 0 Å². The van der Waals surface area contributed by atoms with Crippen molar-refractivity contribution in [3.05, 3.63) is 0 Å². The van der Waals surface area contributed by atoms with Crippen molar-refractivity contribution in [2.45, 2.75) is 25.8 Å². The molecule has 0 rings (SSSR count). The first-order valence-corrected chi connectivity index (χ1v) is 4.26. The molecule has 0 heterocycles. The van der Waals surface area contributed by atoms with Gasteiger partial charge in [-0.05, 0) is 33.0 Å². The number of nitrogens with zero attached hydrogens (tertiary/aromatic N) is 1. The number of hydrogen-bond acceptors (Lipinski definition) is 3. The van der Waals surface area contributed by atoms with E-state index in [1.165, 1.54) is 0 Å². The number of rotatable bonds is 6. The first-order valence-electron chi connectivity index (χ1n) is 4.26. The lowest BCUT2D eigenvalue weighted by molar-refractivity contribution is -0.142. The summed E-state index contributed by atoms with van der Waals surface area (Å²) >= 11 is 0. The molecule has 0 radical (unpaired) electrons. The molecule has 12 heavy (non-hydrogen) atoms. The van der Waals surface area contributed by atoms with Gasteiger partial charge in [0.15, 0.2) is 0 Å². The molecule has 0 saturated carbocycles. The van der Waals surface area contributed by atoms with Gasteiger partial charge in [0, 0.05) is 0 Å². The number of hydrogen-bond donors (Lipinski definition) is 2. The van der Waals surface area contributed by atoms with Crippen LogP contribution in [0.1, 0.15) is 19.8 Å². The summed E-state index contributed by atoms with van der Waals surface area (Å²) in [6.07, 6.45) is 1.48. The van der Waals surface area contributed by atoms with Crippen molar-refractivity contribution in [2.75, 3.05) is 20.1 Å². The number of aliphatic carboxylic acids is 1. The van der Waals surface area contributed by atoms with E-state index in [0.29, 0.717) is 13.0 Å². The maximum absolute atomic E-state index is 10.7. The van der Waals surface area contributed by atoms with Crippen LogP contribution >= 0.6 is 0 Å². The Bertz CT molecular complexity index is 139. The topological polar surface area (TPSA) is 66.6 Å². The molecule has 4 heteroatoms. The zero-order chi connectivity index (χ0) is 9.56. The maximum atomic E-state index is 10.7. The normalized spacial score (nSPS) is 13.3. The van der Waals surface area contributed by atoms with Gasteiger partial charge in [-0.15, -0.1) is 0 Å². The summed E-state index contributed by atoms with van der Waals surface area (Å²) in [6, 6.07) is -0.364. The summed E-state index contributed by atoms with van der Waals surface area (Å²) in [5.74, 6) is -0.753. The molecular weight excluding hydrogens is 156 g/mol. The van der Waals surface area contributed by atoms with Gasteiger partial charge in [-0.3, -0.25) is 9.69 Å². The Hall–Kier alpha value is -0.610. The minimum absolute atomic E-state index is 0.364. The van der Waals surface area contributed by atoms with Crippen LogP contribution in [0.25, 0.3) is 0 Å². The van der Waals surface area contributed by atoms with Gasteiger partial charge in [0.1, 0.15) is 6.04 Å². The highest BCUT2D eigenvalue weighted by atomic mass is 16.4. The summed E-state index contributed by atoms with van der Waals surface area (Å²) in [5.41, 5.74) is 5.32. The predicted molar refractivity (Wildman–Crippen MR) is 48.0 cm³/mol. The van der Waals surface area contributed by atoms with Gasteiger partial charge in [0.2, 0.25) is 0 Å². The van der Waals surface area contributed by atoms with Crippen LogP contribution in [0.3, 0.4) is 0 Å². The highest BCUT2D eigenvalue weighted by Crippen LogP contribution is 2.01. The minimum Gasteiger partial charge on any atom is -0.480 e. The maximum Gasteiger partial charge on any atom is 0.320 e. The fourth-order valence-corrected chi connectivity index (χ4v) is 1.17. The molecule has 0 aromatic carbocycles. The van der Waals surface area contributed by atoms with Gasteiger partial charge < -0.3 is 10.8 Å². The minimum atomic E-state index is -0.753. The summed E-state index contributed by atoms with van der Waals surface area (Å²) in [5, 5.41) is 8.77. The molecule has 3 N–H and O–H groups in total. The Morgan fingerprint density at radius 3 is 2.58 bits per heavy atom. The van der Waals surface area contributed by atoms with Gasteiger partial charge >= 0.3 is 5.97 Å². The van der Waals surface area contributed by atoms with E-state index in [0.717, 1.165) is 13.0 Å². The summed E-state index contributed by atoms with van der Waals surface area (Å²) in [7, 11) is 1.82. The molecule has 0 aromatic heterocycles. The summed E-state index contributed by atoms with van der Waals surface area (Å²) < 4.78 is 0. The average Bonchev–Trinajstić information content (AvgIpc) is 2.01. The molecule has 0 fully saturated rings. The smallest absolute Gasteiger partial charge is 0.320 e. The standard InChI is InChI=1S/C8H18N2O2/c1-3-7(8(11)12)10(2)6-4-5-9/h7H,3-6,9H2,1-2H3,(H,11,12). The van der Waals surface area contributed by atoms with Crippen molar-refractivity contribution in [1.29, 1.82) is 0 Å². The molecule has 0 aliphatic carbocycles. The van der Waals surface area contributed by atoms with Crippen LogP contribution in [-0.2, 0) is 4.79 Å². The van der Waals surface area contributed by atoms with Crippen LogP contribution < -0.4 is 5.73 Å². The lowest BCUT2D eigenvalue weighted by Crippen LogP contribution is -2.38. The van der Waals surface area contributed by atoms with E-state index >= 15 is 0 Å². The third kappa shape index (κ3) is 3.69. The SMILES string of the molecule is CCC(C(=O)O)N(C)CCCN. The van der Waals surface area contributed by atoms with Crippen molar-refractivity contribution in [2.24, 2.45) is 5.73 Å². The van der Waals surface area contributed by atoms with Gasteiger partial charge in [-0.1, -0.05) is 6.92 Å². The van der Waals surface area contributed by atoms with Crippen LogP contribution in [-0.4, -0.2) is 42.2 Å². The molecule has 0 aliphatic heterocycles. The molecule has 0 amide bonds. The lowest BCUT2D eigenvalue weighted by atomic mass is 10.2. The molecule has 0 aromatic rings. The van der Waals surface area contributed by atoms with E-state index < -0.39 is 5.97 Å². The number of nitrogens with two attached hydrogens (primary N) is 1. The van der Waals surface area contributed by atoms with Gasteiger partial charge in [-0.2, -0.15) is 0 Å². The number of carboxylic acid groups (broad SMARTS) is 1. The average molecular weight is 174 g/mol. The Balaban J connectivity index is 3.85. The van der Waals surface area contributed by atoms with Crippen molar-refractivity contribution in [1.82, 2.24) is 4.90 Å². The Labute approximate surface area is 73.3 Å². The third-order valence-electron chi connectivity index (χ3n) is 1.92. The molecule has 0 spiro atoms. The quantitative estimate of drug-likeness (QED) is 0.600. The molecule has 0 saturated heterocycles. The van der Waals surface area contributed by atoms with Crippen molar-refractivity contribution >= 4 is 5.97 Å². The molecule has 72 valence electrons. The summed E-state index contributed by atoms with van der Waals surface area (Å²) in [6.45, 7) is 3.24. The first kappa shape index (κ1) is 11.4. The molecule has 0 aliphatic rings. The second-order valence-electron chi connectivity index (χ2n) is 2.89. The van der Waals surface area contributed by atoms with Crippen molar-refractivity contribution in [3.63, 3.8) is 0 Å². The van der Waals surface area contributed by atoms with E-state index in [-0.39, 0.29) is 6.04 Å². The molecule has 1 atom stereocenters. The van der Waals surface area contributed by atoms with E-state index in [1.54, 1.807) is 0 Å². The number of carbonyl (C=O) groups is 1. The summed E-state index contributed by atoms with van der Waals surface area (Å²) in [4.78, 5) is 12.5. The molecule has 1 unspecified atom stereocenters. The Morgan fingerprint density at radius 1 is 1.67 bits per heavy atom. The second-order valence-corrected chi connectivity index (χ2v) is 2.89. The van der Waals surface area contributed by atoms with Crippen molar-refractivity contribution in [3.8, 4) is 0 Å². The van der Waals surface area contributed by atoms with Gasteiger partial charge in [0.05, 0.1) is 0 Å². The van der Waals surface area contributed by atoms with Gasteiger partial charge in [0.25, 0.3) is 0 Å². The molecular formula is C8H18N2O2. The fraction of sp³-hybridized carbons (Fsp3) is 0.875. The Morgan fingerprint density at radius 2 is 2.25 bits per heavy atom. The first-order chi connectivity index (χ1) is 5.63. The monoisotopic (exact) mass is 174 g/mol. The second kappa shape index (κ2) is 5.97. The van der Waals surface area contributed by atoms with E-state index in [4.69, 9.17) is 10.8 Å². The molecule has 4 nitrogen and oxygen atoms in total. The number of likely N-dealkylation sites (N-methyl/N-ethyl adjacent to an activating group) is 1. The van der Waals surface area contributed by atoms with E-state index in [1.807, 2.05) is 18.9 Å². The highest BCUT2D eigenvalue weighted by molar-refractivity contribution is 5.73. The third-order valence-corrected chi connectivity index (χ3v) is 1.92. The zero-order valence-corrected chi connectivity index (χ0v) is 7.79. The van der Waals surface area contributed by atoms with Gasteiger partial charge in [-0.25, -0.2) is 0 Å². The van der Waals surface area contributed by atoms with E-state index in [2.05, 4.69) is 0 Å². The van der Waals surface area contributed by atoms with E-state index in [9.17, 15) is 4.79 Å². The highest BCUT2D eigenvalue weighted by Gasteiger charge is 2.19. The van der Waals surface area contributed by atoms with Crippen LogP contribution in [0.2, 0.25) is 0 Å². The largest absolute Gasteiger partial charge is 0.480 e. The van der Waals surface area contributed by atoms with Crippen molar-refractivity contribution < 1.29 is 9.90 Å². The number of carboxylic acids is 1. The lowest BCUT2D eigenvalue weighted by Gasteiger charge is -2.22. The van der Waals surface area contributed by atoms with Crippen LogP contribution in [0.4, 0.5) is 0 Å².